The Balaban J connectivity index is 1.46. The number of hydrogen-bond donors (Lipinski definition) is 0. The predicted molar refractivity (Wildman–Crippen MR) is 129 cm³/mol. The van der Waals surface area contributed by atoms with Gasteiger partial charge in [-0.05, 0) is 55.0 Å². The summed E-state index contributed by atoms with van der Waals surface area (Å²) in [5, 5.41) is 8.74. The summed E-state index contributed by atoms with van der Waals surface area (Å²) in [6, 6.07) is 14.5. The van der Waals surface area contributed by atoms with Crippen LogP contribution in [0.4, 0.5) is 5.82 Å². The van der Waals surface area contributed by atoms with Crippen LogP contribution in [0.15, 0.2) is 53.4 Å². The minimum absolute atomic E-state index is 0.197. The molecule has 0 radical (unpaired) electrons. The van der Waals surface area contributed by atoms with E-state index in [2.05, 4.69) is 10.2 Å². The molecule has 0 unspecified atom stereocenters. The van der Waals surface area contributed by atoms with E-state index in [-0.39, 0.29) is 4.90 Å². The first kappa shape index (κ1) is 23.8. The monoisotopic (exact) mass is 484 g/mol. The highest BCUT2D eigenvalue weighted by Gasteiger charge is 2.31. The molecule has 34 heavy (non-hydrogen) atoms. The predicted octanol–water partition coefficient (Wildman–Crippen LogP) is 2.99. The van der Waals surface area contributed by atoms with E-state index in [0.29, 0.717) is 54.9 Å². The van der Waals surface area contributed by atoms with Crippen molar-refractivity contribution < 1.29 is 22.6 Å². The van der Waals surface area contributed by atoms with Crippen LogP contribution in [-0.4, -0.2) is 70.4 Å². The lowest BCUT2D eigenvalue weighted by Crippen LogP contribution is -2.49. The van der Waals surface area contributed by atoms with Gasteiger partial charge in [0.25, 0.3) is 0 Å². The summed E-state index contributed by atoms with van der Waals surface area (Å²) in [4.78, 5) is 2.23. The van der Waals surface area contributed by atoms with Gasteiger partial charge in [0.2, 0.25) is 10.0 Å². The maximum Gasteiger partial charge on any atom is 0.246 e. The summed E-state index contributed by atoms with van der Waals surface area (Å²) in [6.45, 7) is 3.58. The van der Waals surface area contributed by atoms with E-state index in [9.17, 15) is 8.42 Å². The van der Waals surface area contributed by atoms with Crippen molar-refractivity contribution in [2.24, 2.45) is 0 Å². The highest BCUT2D eigenvalue weighted by atomic mass is 32.2. The number of nitrogens with zero attached hydrogens (tertiary/aromatic N) is 4. The molecule has 1 aliphatic rings. The van der Waals surface area contributed by atoms with Crippen molar-refractivity contribution in [2.45, 2.75) is 11.8 Å². The average Bonchev–Trinajstić information content (AvgIpc) is 2.88. The van der Waals surface area contributed by atoms with E-state index >= 15 is 0 Å². The van der Waals surface area contributed by atoms with Crippen molar-refractivity contribution in [3.63, 3.8) is 0 Å². The second-order valence-electron chi connectivity index (χ2n) is 7.89. The molecular weight excluding hydrogens is 456 g/mol. The minimum Gasteiger partial charge on any atom is -0.495 e. The lowest BCUT2D eigenvalue weighted by Gasteiger charge is -2.34. The SMILES string of the molecule is COc1ccc(-c2ccc(N3CCN(S(=O)(=O)c4cc(C)ccc4OC)CC3)nn2)cc1OC. The Morgan fingerprint density at radius 2 is 1.44 bits per heavy atom. The fourth-order valence-corrected chi connectivity index (χ4v) is 5.59. The quantitative estimate of drug-likeness (QED) is 0.505. The topological polar surface area (TPSA) is 94.1 Å². The Kier molecular flexibility index (Phi) is 6.90. The molecule has 1 aromatic heterocycles. The Hall–Kier alpha value is -3.37. The maximum absolute atomic E-state index is 13.2. The lowest BCUT2D eigenvalue weighted by atomic mass is 10.1. The fraction of sp³-hybridized carbons (Fsp3) is 0.333. The molecule has 4 rings (SSSR count). The molecule has 2 heterocycles. The van der Waals surface area contributed by atoms with Gasteiger partial charge in [-0.2, -0.15) is 4.31 Å². The first-order valence-corrected chi connectivity index (χ1v) is 12.3. The van der Waals surface area contributed by atoms with Crippen LogP contribution in [0.5, 0.6) is 17.2 Å². The van der Waals surface area contributed by atoms with Crippen molar-refractivity contribution in [3.05, 3.63) is 54.1 Å². The molecular formula is C24H28N4O5S. The second-order valence-corrected chi connectivity index (χ2v) is 9.80. The highest BCUT2D eigenvalue weighted by Crippen LogP contribution is 2.32. The van der Waals surface area contributed by atoms with Gasteiger partial charge in [-0.1, -0.05) is 6.07 Å². The Morgan fingerprint density at radius 3 is 2.06 bits per heavy atom. The zero-order valence-corrected chi connectivity index (χ0v) is 20.5. The molecule has 9 nitrogen and oxygen atoms in total. The number of piperazine rings is 1. The molecule has 1 fully saturated rings. The van der Waals surface area contributed by atoms with Gasteiger partial charge in [0.15, 0.2) is 17.3 Å². The highest BCUT2D eigenvalue weighted by molar-refractivity contribution is 7.89. The number of aromatic nitrogens is 2. The first-order chi connectivity index (χ1) is 16.4. The van der Waals surface area contributed by atoms with E-state index < -0.39 is 10.0 Å². The third kappa shape index (κ3) is 4.64. The van der Waals surface area contributed by atoms with E-state index in [4.69, 9.17) is 14.2 Å². The van der Waals surface area contributed by atoms with Crippen molar-refractivity contribution in [1.82, 2.24) is 14.5 Å². The summed E-state index contributed by atoms with van der Waals surface area (Å²) in [6.07, 6.45) is 0. The van der Waals surface area contributed by atoms with E-state index in [1.807, 2.05) is 48.2 Å². The van der Waals surface area contributed by atoms with Gasteiger partial charge in [-0.25, -0.2) is 8.42 Å². The second kappa shape index (κ2) is 9.86. The van der Waals surface area contributed by atoms with Gasteiger partial charge in [0.05, 0.1) is 27.0 Å². The van der Waals surface area contributed by atoms with E-state index in [1.165, 1.54) is 11.4 Å². The Bertz CT molecular complexity index is 1260. The van der Waals surface area contributed by atoms with Crippen molar-refractivity contribution >= 4 is 15.8 Å². The molecule has 180 valence electrons. The number of ether oxygens (including phenoxy) is 3. The summed E-state index contributed by atoms with van der Waals surface area (Å²) in [5.41, 5.74) is 2.43. The van der Waals surface area contributed by atoms with Crippen LogP contribution in [0, 0.1) is 6.92 Å². The molecule has 0 bridgehead atoms. The number of aryl methyl sites for hydroxylation is 1. The zero-order valence-electron chi connectivity index (χ0n) is 19.7. The molecule has 1 saturated heterocycles. The maximum atomic E-state index is 13.2. The Labute approximate surface area is 199 Å². The third-order valence-corrected chi connectivity index (χ3v) is 7.75. The van der Waals surface area contributed by atoms with Gasteiger partial charge >= 0.3 is 0 Å². The third-order valence-electron chi connectivity index (χ3n) is 5.83. The van der Waals surface area contributed by atoms with E-state index in [1.54, 1.807) is 26.4 Å². The zero-order chi connectivity index (χ0) is 24.3. The van der Waals surface area contributed by atoms with Gasteiger partial charge < -0.3 is 19.1 Å². The molecule has 3 aromatic rings. The van der Waals surface area contributed by atoms with Gasteiger partial charge in [0, 0.05) is 31.7 Å². The molecule has 0 aliphatic carbocycles. The first-order valence-electron chi connectivity index (χ1n) is 10.8. The number of rotatable bonds is 7. The van der Waals surface area contributed by atoms with Gasteiger partial charge in [0.1, 0.15) is 10.6 Å². The van der Waals surface area contributed by atoms with Crippen LogP contribution in [0.2, 0.25) is 0 Å². The van der Waals surface area contributed by atoms with Crippen LogP contribution in [0.3, 0.4) is 0 Å². The minimum atomic E-state index is -3.66. The van der Waals surface area contributed by atoms with Gasteiger partial charge in [-0.3, -0.25) is 0 Å². The molecule has 10 heteroatoms. The van der Waals surface area contributed by atoms with Gasteiger partial charge in [-0.15, -0.1) is 10.2 Å². The fourth-order valence-electron chi connectivity index (χ4n) is 3.93. The summed E-state index contributed by atoms with van der Waals surface area (Å²) in [5.74, 6) is 2.32. The number of hydrogen-bond acceptors (Lipinski definition) is 8. The number of anilines is 1. The summed E-state index contributed by atoms with van der Waals surface area (Å²) in [7, 11) is 0.994. The van der Waals surface area contributed by atoms with Crippen LogP contribution in [-0.2, 0) is 10.0 Å². The summed E-state index contributed by atoms with van der Waals surface area (Å²) >= 11 is 0. The number of benzene rings is 2. The normalized spacial score (nSPS) is 14.6. The largest absolute Gasteiger partial charge is 0.495 e. The summed E-state index contributed by atoms with van der Waals surface area (Å²) < 4.78 is 43.9. The smallest absolute Gasteiger partial charge is 0.246 e. The van der Waals surface area contributed by atoms with Crippen molar-refractivity contribution in [1.29, 1.82) is 0 Å². The van der Waals surface area contributed by atoms with Crippen LogP contribution in [0.25, 0.3) is 11.3 Å². The van der Waals surface area contributed by atoms with Crippen LogP contribution < -0.4 is 19.1 Å². The Morgan fingerprint density at radius 1 is 0.765 bits per heavy atom. The molecule has 2 aromatic carbocycles. The van der Waals surface area contributed by atoms with E-state index in [0.717, 1.165) is 11.1 Å². The number of sulfonamides is 1. The van der Waals surface area contributed by atoms with Crippen molar-refractivity contribution in [3.8, 4) is 28.5 Å². The lowest BCUT2D eigenvalue weighted by molar-refractivity contribution is 0.355. The molecule has 0 spiro atoms. The van der Waals surface area contributed by atoms with Crippen LogP contribution >= 0.6 is 0 Å². The molecule has 0 amide bonds. The molecule has 0 atom stereocenters. The average molecular weight is 485 g/mol. The van der Waals surface area contributed by atoms with Crippen molar-refractivity contribution in [2.75, 3.05) is 52.4 Å². The van der Waals surface area contributed by atoms with Crippen LogP contribution in [0.1, 0.15) is 5.56 Å². The molecule has 0 saturated carbocycles. The molecule has 1 aliphatic heterocycles. The molecule has 0 N–H and O–H groups in total. The number of methoxy groups -OCH3 is 3. The standard InChI is InChI=1S/C24H28N4O5S/c1-17-5-8-21(32-3)23(15-17)34(29,30)28-13-11-27(12-14-28)24-10-7-19(25-26-24)18-6-9-20(31-2)22(16-18)33-4/h5-10,15-16H,11-14H2,1-4H3.